The molecule has 2 aliphatic heterocycles. The number of piperidine rings is 1. The van der Waals surface area contributed by atoms with Gasteiger partial charge >= 0.3 is 0 Å². The summed E-state index contributed by atoms with van der Waals surface area (Å²) in [6.45, 7) is 3.10. The Hall–Kier alpha value is -0.940. The minimum atomic E-state index is -0.0374. The minimum Gasteiger partial charge on any atom is -0.388 e. The number of nitrogens with zero attached hydrogens (tertiary/aromatic N) is 3. The van der Waals surface area contributed by atoms with Crippen LogP contribution in [0.2, 0.25) is 0 Å². The lowest BCUT2D eigenvalue weighted by atomic mass is 9.89. The van der Waals surface area contributed by atoms with Crippen molar-refractivity contribution in [2.45, 2.75) is 31.4 Å². The summed E-state index contributed by atoms with van der Waals surface area (Å²) >= 11 is 3.42. The lowest BCUT2D eigenvalue weighted by molar-refractivity contribution is -0.0627. The fraction of sp³-hybridized carbons (Fsp3) is 0.538. The van der Waals surface area contributed by atoms with Gasteiger partial charge in [0, 0.05) is 51.3 Å². The van der Waals surface area contributed by atoms with E-state index in [9.17, 15) is 0 Å². The van der Waals surface area contributed by atoms with E-state index in [2.05, 4.69) is 37.0 Å². The predicted octanol–water partition coefficient (Wildman–Crippen LogP) is 2.54. The number of hydrogen-bond acceptors (Lipinski definition) is 4. The molecule has 4 nitrogen and oxygen atoms in total. The van der Waals surface area contributed by atoms with Crippen LogP contribution < -0.4 is 0 Å². The van der Waals surface area contributed by atoms with Crippen LogP contribution in [0, 0.1) is 0 Å². The van der Waals surface area contributed by atoms with Gasteiger partial charge in [-0.15, -0.1) is 0 Å². The van der Waals surface area contributed by atoms with Gasteiger partial charge in [-0.3, -0.25) is 9.88 Å². The first-order valence-electron chi connectivity index (χ1n) is 6.28. The highest BCUT2D eigenvalue weighted by molar-refractivity contribution is 9.18. The third-order valence-electron chi connectivity index (χ3n) is 3.70. The standard InChI is InChI=1S/C13H16BrN3O/c14-12-8-13(18-16-12)3-6-17(7-4-13)10-11-2-1-5-15-9-11/h1-2,5,9H,3-4,6-8,10H2. The van der Waals surface area contributed by atoms with Crippen LogP contribution in [0.15, 0.2) is 29.7 Å². The van der Waals surface area contributed by atoms with Crippen molar-refractivity contribution < 1.29 is 4.84 Å². The number of rotatable bonds is 2. The Balaban J connectivity index is 1.55. The molecule has 0 saturated carbocycles. The van der Waals surface area contributed by atoms with Gasteiger partial charge in [0.25, 0.3) is 0 Å². The van der Waals surface area contributed by atoms with E-state index in [1.165, 1.54) is 5.56 Å². The normalized spacial score (nSPS) is 22.8. The summed E-state index contributed by atoms with van der Waals surface area (Å²) in [5.41, 5.74) is 1.24. The van der Waals surface area contributed by atoms with Crippen molar-refractivity contribution in [3.63, 3.8) is 0 Å². The van der Waals surface area contributed by atoms with Crippen LogP contribution in [0.25, 0.3) is 0 Å². The molecule has 1 aromatic rings. The maximum absolute atomic E-state index is 5.59. The van der Waals surface area contributed by atoms with Gasteiger partial charge in [0.1, 0.15) is 10.2 Å². The molecule has 3 heterocycles. The van der Waals surface area contributed by atoms with E-state index in [1.54, 1.807) is 0 Å². The number of likely N-dealkylation sites (tertiary alicyclic amines) is 1. The first kappa shape index (κ1) is 12.1. The molecule has 1 fully saturated rings. The second-order valence-electron chi connectivity index (χ2n) is 5.06. The zero-order valence-electron chi connectivity index (χ0n) is 10.2. The molecule has 2 aliphatic rings. The molecule has 0 aliphatic carbocycles. The molecule has 0 unspecified atom stereocenters. The molecular formula is C13H16BrN3O. The Kier molecular flexibility index (Phi) is 3.35. The molecule has 0 atom stereocenters. The Morgan fingerprint density at radius 3 is 2.83 bits per heavy atom. The van der Waals surface area contributed by atoms with Crippen molar-refractivity contribution >= 4 is 20.6 Å². The zero-order chi connectivity index (χ0) is 12.4. The first-order valence-corrected chi connectivity index (χ1v) is 7.07. The lowest BCUT2D eigenvalue weighted by Crippen LogP contribution is -2.44. The van der Waals surface area contributed by atoms with Crippen molar-refractivity contribution in [2.24, 2.45) is 5.16 Å². The van der Waals surface area contributed by atoms with Gasteiger partial charge in [-0.25, -0.2) is 0 Å². The van der Waals surface area contributed by atoms with Crippen LogP contribution in [0.4, 0.5) is 0 Å². The molecule has 1 saturated heterocycles. The average Bonchev–Trinajstić information content (AvgIpc) is 2.75. The summed E-state index contributed by atoms with van der Waals surface area (Å²) in [5, 5.41) is 4.03. The number of oxime groups is 1. The van der Waals surface area contributed by atoms with Gasteiger partial charge in [0.15, 0.2) is 0 Å². The lowest BCUT2D eigenvalue weighted by Gasteiger charge is -2.37. The highest BCUT2D eigenvalue weighted by Crippen LogP contribution is 2.36. The molecule has 5 heteroatoms. The topological polar surface area (TPSA) is 37.7 Å². The number of pyridine rings is 1. The predicted molar refractivity (Wildman–Crippen MR) is 73.5 cm³/mol. The molecule has 3 rings (SSSR count). The van der Waals surface area contributed by atoms with Crippen LogP contribution >= 0.6 is 15.9 Å². The van der Waals surface area contributed by atoms with E-state index in [4.69, 9.17) is 4.84 Å². The van der Waals surface area contributed by atoms with Crippen LogP contribution in [0.5, 0.6) is 0 Å². The van der Waals surface area contributed by atoms with Gasteiger partial charge in [-0.05, 0) is 27.6 Å². The van der Waals surface area contributed by atoms with Gasteiger partial charge in [-0.2, -0.15) is 0 Å². The molecule has 1 spiro atoms. The van der Waals surface area contributed by atoms with Crippen molar-refractivity contribution in [3.8, 4) is 0 Å². The largest absolute Gasteiger partial charge is 0.388 e. The molecule has 96 valence electrons. The van der Waals surface area contributed by atoms with Crippen molar-refractivity contribution in [3.05, 3.63) is 30.1 Å². The van der Waals surface area contributed by atoms with E-state index in [0.717, 1.165) is 43.5 Å². The van der Waals surface area contributed by atoms with E-state index < -0.39 is 0 Å². The molecule has 0 amide bonds. The van der Waals surface area contributed by atoms with Crippen molar-refractivity contribution in [2.75, 3.05) is 13.1 Å². The Morgan fingerprint density at radius 2 is 2.22 bits per heavy atom. The quantitative estimate of drug-likeness (QED) is 0.842. The average molecular weight is 310 g/mol. The fourth-order valence-electron chi connectivity index (χ4n) is 2.61. The molecular weight excluding hydrogens is 294 g/mol. The third kappa shape index (κ3) is 2.57. The SMILES string of the molecule is BrC1=NOC2(CCN(Cc3cccnc3)CC2)C1. The van der Waals surface area contributed by atoms with Crippen molar-refractivity contribution in [1.82, 2.24) is 9.88 Å². The molecule has 0 bridgehead atoms. The van der Waals surface area contributed by atoms with E-state index in [-0.39, 0.29) is 5.60 Å². The minimum absolute atomic E-state index is 0.0374. The number of halogens is 1. The van der Waals surface area contributed by atoms with Crippen LogP contribution in [-0.4, -0.2) is 33.2 Å². The van der Waals surface area contributed by atoms with Gasteiger partial charge in [0.05, 0.1) is 0 Å². The summed E-state index contributed by atoms with van der Waals surface area (Å²) < 4.78 is 0.947. The third-order valence-corrected chi connectivity index (χ3v) is 4.13. The summed E-state index contributed by atoms with van der Waals surface area (Å²) in [5.74, 6) is 0. The molecule has 0 aromatic carbocycles. The van der Waals surface area contributed by atoms with Gasteiger partial charge < -0.3 is 4.84 Å². The van der Waals surface area contributed by atoms with Crippen LogP contribution in [0.3, 0.4) is 0 Å². The van der Waals surface area contributed by atoms with E-state index in [1.807, 2.05) is 18.5 Å². The Bertz CT molecular complexity index is 441. The molecule has 1 aromatic heterocycles. The van der Waals surface area contributed by atoms with Crippen LogP contribution in [0.1, 0.15) is 24.8 Å². The second kappa shape index (κ2) is 4.97. The summed E-state index contributed by atoms with van der Waals surface area (Å²) in [6.07, 6.45) is 6.78. The highest BCUT2D eigenvalue weighted by Gasteiger charge is 2.41. The Morgan fingerprint density at radius 1 is 1.39 bits per heavy atom. The highest BCUT2D eigenvalue weighted by atomic mass is 79.9. The summed E-state index contributed by atoms with van der Waals surface area (Å²) in [7, 11) is 0. The fourth-order valence-corrected chi connectivity index (χ4v) is 3.20. The first-order chi connectivity index (χ1) is 8.76. The molecule has 18 heavy (non-hydrogen) atoms. The monoisotopic (exact) mass is 309 g/mol. The zero-order valence-corrected chi connectivity index (χ0v) is 11.8. The van der Waals surface area contributed by atoms with Crippen molar-refractivity contribution in [1.29, 1.82) is 0 Å². The van der Waals surface area contributed by atoms with Crippen LogP contribution in [-0.2, 0) is 11.4 Å². The Labute approximate surface area is 115 Å². The van der Waals surface area contributed by atoms with Gasteiger partial charge in [-0.1, -0.05) is 11.2 Å². The van der Waals surface area contributed by atoms with Gasteiger partial charge in [0.2, 0.25) is 0 Å². The molecule has 0 N–H and O–H groups in total. The van der Waals surface area contributed by atoms with E-state index in [0.29, 0.717) is 0 Å². The second-order valence-corrected chi connectivity index (χ2v) is 5.97. The van der Waals surface area contributed by atoms with E-state index >= 15 is 0 Å². The summed E-state index contributed by atoms with van der Waals surface area (Å²) in [6, 6.07) is 4.12. The number of hydrogen-bond donors (Lipinski definition) is 0. The maximum atomic E-state index is 5.59. The molecule has 0 radical (unpaired) electrons. The summed E-state index contributed by atoms with van der Waals surface area (Å²) in [4.78, 5) is 12.2. The smallest absolute Gasteiger partial charge is 0.146 e. The maximum Gasteiger partial charge on any atom is 0.146 e. The number of aromatic nitrogens is 1.